The van der Waals surface area contributed by atoms with Crippen LogP contribution < -0.4 is 10.1 Å². The molecule has 1 unspecified atom stereocenters. The van der Waals surface area contributed by atoms with Crippen LogP contribution in [0.4, 0.5) is 5.82 Å². The van der Waals surface area contributed by atoms with Gasteiger partial charge in [0.15, 0.2) is 0 Å². The van der Waals surface area contributed by atoms with Crippen LogP contribution in [-0.2, 0) is 4.74 Å². The van der Waals surface area contributed by atoms with Gasteiger partial charge in [0, 0.05) is 37.9 Å². The van der Waals surface area contributed by atoms with Gasteiger partial charge in [0.1, 0.15) is 22.9 Å². The largest absolute Gasteiger partial charge is 0.492 e. The van der Waals surface area contributed by atoms with Gasteiger partial charge < -0.3 is 25.1 Å². The normalized spacial score (nSPS) is 22.4. The Balaban J connectivity index is 1.71. The number of ether oxygens (including phenoxy) is 2. The lowest BCUT2D eigenvalue weighted by molar-refractivity contribution is 0.0340. The number of anilines is 1. The number of nitrogens with one attached hydrogen (secondary N) is 2. The number of hydrogen-bond acceptors (Lipinski definition) is 6. The Morgan fingerprint density at radius 3 is 3.00 bits per heavy atom. The summed E-state index contributed by atoms with van der Waals surface area (Å²) in [5.41, 5.74) is 0.622. The first-order chi connectivity index (χ1) is 11.2. The van der Waals surface area contributed by atoms with E-state index >= 15 is 0 Å². The fourth-order valence-corrected chi connectivity index (χ4v) is 3.20. The molecule has 2 aliphatic heterocycles. The molecular weight excluding hydrogens is 316 g/mol. The van der Waals surface area contributed by atoms with Gasteiger partial charge in [-0.1, -0.05) is 11.6 Å². The van der Waals surface area contributed by atoms with E-state index < -0.39 is 0 Å². The van der Waals surface area contributed by atoms with Crippen molar-refractivity contribution in [3.63, 3.8) is 0 Å². The molecule has 1 aromatic rings. The molecule has 23 heavy (non-hydrogen) atoms. The van der Waals surface area contributed by atoms with Crippen LogP contribution in [0.2, 0.25) is 5.15 Å². The van der Waals surface area contributed by atoms with E-state index in [9.17, 15) is 0 Å². The SMILES string of the molecule is CN1CC(COc2cc(Cl)nc(NC3CCCCO3)c2C=N)C1. The molecule has 1 aromatic heterocycles. The van der Waals surface area contributed by atoms with Gasteiger partial charge in [-0.25, -0.2) is 4.98 Å². The molecule has 3 heterocycles. The van der Waals surface area contributed by atoms with Crippen LogP contribution >= 0.6 is 11.6 Å². The molecule has 2 saturated heterocycles. The Morgan fingerprint density at radius 2 is 2.35 bits per heavy atom. The Bertz CT molecular complexity index is 557. The Morgan fingerprint density at radius 1 is 1.52 bits per heavy atom. The van der Waals surface area contributed by atoms with Crippen LogP contribution in [0.3, 0.4) is 0 Å². The summed E-state index contributed by atoms with van der Waals surface area (Å²) in [7, 11) is 2.09. The lowest BCUT2D eigenvalue weighted by atomic mass is 10.0. The summed E-state index contributed by atoms with van der Waals surface area (Å²) in [4.78, 5) is 6.56. The molecule has 0 amide bonds. The van der Waals surface area contributed by atoms with Gasteiger partial charge in [-0.05, 0) is 26.3 Å². The Hall–Kier alpha value is -1.37. The third kappa shape index (κ3) is 4.13. The molecule has 0 saturated carbocycles. The summed E-state index contributed by atoms with van der Waals surface area (Å²) in [6.45, 7) is 3.46. The minimum absolute atomic E-state index is 0.0819. The van der Waals surface area contributed by atoms with Crippen LogP contribution in [0, 0.1) is 11.3 Å². The van der Waals surface area contributed by atoms with E-state index in [2.05, 4.69) is 22.2 Å². The van der Waals surface area contributed by atoms with Gasteiger partial charge in [0.25, 0.3) is 0 Å². The molecule has 1 atom stereocenters. The van der Waals surface area contributed by atoms with Gasteiger partial charge in [-0.15, -0.1) is 0 Å². The fourth-order valence-electron chi connectivity index (χ4n) is 3.02. The van der Waals surface area contributed by atoms with E-state index in [0.717, 1.165) is 39.0 Å². The minimum atomic E-state index is -0.0819. The standard InChI is InChI=1S/C16H23ClN4O2/c1-21-8-11(9-21)10-23-13-6-14(17)19-16(12(13)7-18)20-15-4-2-3-5-22-15/h6-7,11,15,18H,2-5,8-10H2,1H3,(H,19,20). The quantitative estimate of drug-likeness (QED) is 0.616. The molecule has 3 rings (SSSR count). The Kier molecular flexibility index (Phi) is 5.35. The molecule has 0 aromatic carbocycles. The van der Waals surface area contributed by atoms with E-state index in [0.29, 0.717) is 34.8 Å². The summed E-state index contributed by atoms with van der Waals surface area (Å²) >= 11 is 6.13. The van der Waals surface area contributed by atoms with Crippen molar-refractivity contribution in [2.75, 3.05) is 38.7 Å². The molecule has 2 fully saturated rings. The molecule has 126 valence electrons. The van der Waals surface area contributed by atoms with Crippen LogP contribution in [0.1, 0.15) is 24.8 Å². The number of aromatic nitrogens is 1. The summed E-state index contributed by atoms with van der Waals surface area (Å²) in [5, 5.41) is 11.3. The van der Waals surface area contributed by atoms with Crippen molar-refractivity contribution in [3.05, 3.63) is 16.8 Å². The van der Waals surface area contributed by atoms with Crippen LogP contribution in [0.15, 0.2) is 6.07 Å². The second-order valence-corrected chi connectivity index (χ2v) is 6.63. The third-order valence-corrected chi connectivity index (χ3v) is 4.42. The smallest absolute Gasteiger partial charge is 0.142 e. The van der Waals surface area contributed by atoms with Crippen LogP contribution in [-0.4, -0.2) is 55.7 Å². The second-order valence-electron chi connectivity index (χ2n) is 6.25. The molecule has 2 aliphatic rings. The molecule has 0 spiro atoms. The maximum atomic E-state index is 7.71. The topological polar surface area (TPSA) is 70.5 Å². The molecular formula is C16H23ClN4O2. The highest BCUT2D eigenvalue weighted by atomic mass is 35.5. The van der Waals surface area contributed by atoms with E-state index in [1.165, 1.54) is 6.21 Å². The van der Waals surface area contributed by atoms with Gasteiger partial charge in [0.2, 0.25) is 0 Å². The van der Waals surface area contributed by atoms with Crippen molar-refractivity contribution in [1.29, 1.82) is 5.41 Å². The Labute approximate surface area is 141 Å². The summed E-state index contributed by atoms with van der Waals surface area (Å²) in [6, 6.07) is 1.68. The first kappa shape index (κ1) is 16.5. The number of likely N-dealkylation sites (tertiary alicyclic amines) is 1. The summed E-state index contributed by atoms with van der Waals surface area (Å²) in [5.74, 6) is 1.69. The average molecular weight is 339 g/mol. The van der Waals surface area contributed by atoms with Crippen molar-refractivity contribution in [2.24, 2.45) is 5.92 Å². The average Bonchev–Trinajstić information content (AvgIpc) is 2.51. The lowest BCUT2D eigenvalue weighted by Crippen LogP contribution is -2.46. The number of hydrogen-bond donors (Lipinski definition) is 2. The van der Waals surface area contributed by atoms with E-state index in [-0.39, 0.29) is 6.23 Å². The fraction of sp³-hybridized carbons (Fsp3) is 0.625. The second kappa shape index (κ2) is 7.47. The number of rotatable bonds is 6. The van der Waals surface area contributed by atoms with Gasteiger partial charge in [0.05, 0.1) is 12.2 Å². The minimum Gasteiger partial charge on any atom is -0.492 e. The molecule has 7 heteroatoms. The predicted molar refractivity (Wildman–Crippen MR) is 90.8 cm³/mol. The van der Waals surface area contributed by atoms with Gasteiger partial charge >= 0.3 is 0 Å². The molecule has 6 nitrogen and oxygen atoms in total. The maximum absolute atomic E-state index is 7.71. The summed E-state index contributed by atoms with van der Waals surface area (Å²) in [6.07, 6.45) is 4.31. The zero-order valence-electron chi connectivity index (χ0n) is 13.3. The lowest BCUT2D eigenvalue weighted by Gasteiger charge is -2.36. The van der Waals surface area contributed by atoms with E-state index in [4.69, 9.17) is 26.5 Å². The first-order valence-corrected chi connectivity index (χ1v) is 8.44. The van der Waals surface area contributed by atoms with Gasteiger partial charge in [-0.2, -0.15) is 0 Å². The zero-order valence-corrected chi connectivity index (χ0v) is 14.1. The van der Waals surface area contributed by atoms with Crippen molar-refractivity contribution >= 4 is 23.6 Å². The monoisotopic (exact) mass is 338 g/mol. The first-order valence-electron chi connectivity index (χ1n) is 8.06. The third-order valence-electron chi connectivity index (χ3n) is 4.23. The van der Waals surface area contributed by atoms with Crippen LogP contribution in [0.25, 0.3) is 0 Å². The van der Waals surface area contributed by atoms with Crippen LogP contribution in [0.5, 0.6) is 5.75 Å². The number of pyridine rings is 1. The maximum Gasteiger partial charge on any atom is 0.142 e. The molecule has 0 radical (unpaired) electrons. The van der Waals surface area contributed by atoms with Crippen molar-refractivity contribution < 1.29 is 9.47 Å². The number of halogens is 1. The molecule has 0 aliphatic carbocycles. The van der Waals surface area contributed by atoms with E-state index in [1.807, 2.05) is 0 Å². The molecule has 0 bridgehead atoms. The summed E-state index contributed by atoms with van der Waals surface area (Å²) < 4.78 is 11.6. The molecule has 2 N–H and O–H groups in total. The zero-order chi connectivity index (χ0) is 16.2. The highest BCUT2D eigenvalue weighted by molar-refractivity contribution is 6.29. The highest BCUT2D eigenvalue weighted by Crippen LogP contribution is 2.29. The van der Waals surface area contributed by atoms with Crippen molar-refractivity contribution in [1.82, 2.24) is 9.88 Å². The van der Waals surface area contributed by atoms with Crippen molar-refractivity contribution in [2.45, 2.75) is 25.5 Å². The van der Waals surface area contributed by atoms with Gasteiger partial charge in [-0.3, -0.25) is 0 Å². The van der Waals surface area contributed by atoms with Crippen molar-refractivity contribution in [3.8, 4) is 5.75 Å². The predicted octanol–water partition coefficient (Wildman–Crippen LogP) is 2.61. The number of nitrogens with zero attached hydrogens (tertiary/aromatic N) is 2. The highest BCUT2D eigenvalue weighted by Gasteiger charge is 2.24. The van der Waals surface area contributed by atoms with E-state index in [1.54, 1.807) is 6.07 Å².